The first-order chi connectivity index (χ1) is 10.5. The number of nitrogens with zero attached hydrogens (tertiary/aromatic N) is 2. The molecule has 1 aromatic carbocycles. The summed E-state index contributed by atoms with van der Waals surface area (Å²) in [4.78, 5) is 15.3. The summed E-state index contributed by atoms with van der Waals surface area (Å²) < 4.78 is 0. The smallest absolute Gasteiger partial charge is 0.317 e. The van der Waals surface area contributed by atoms with Crippen molar-refractivity contribution in [3.8, 4) is 0 Å². The third-order valence-electron chi connectivity index (χ3n) is 4.22. The van der Waals surface area contributed by atoms with E-state index in [9.17, 15) is 4.79 Å². The van der Waals surface area contributed by atoms with Crippen LogP contribution >= 0.6 is 23.2 Å². The first kappa shape index (κ1) is 17.5. The standard InChI is InChI=1S/C16H22Cl2N2O2/c1-2-20(11-16(21)22)14-5-7-19(8-6-14)10-12-9-13(17)3-4-15(12)18/h3-4,9,14H,2,5-8,10-11H2,1H3,(H,21,22). The SMILES string of the molecule is CCN(CC(=O)O)C1CCN(Cc2cc(Cl)ccc2Cl)CC1. The number of piperidine rings is 1. The van der Waals surface area contributed by atoms with Gasteiger partial charge in [-0.3, -0.25) is 14.6 Å². The highest BCUT2D eigenvalue weighted by Crippen LogP contribution is 2.24. The van der Waals surface area contributed by atoms with Crippen molar-refractivity contribution in [1.82, 2.24) is 9.80 Å². The van der Waals surface area contributed by atoms with Crippen LogP contribution in [0.4, 0.5) is 0 Å². The maximum atomic E-state index is 10.9. The van der Waals surface area contributed by atoms with E-state index in [4.69, 9.17) is 28.3 Å². The van der Waals surface area contributed by atoms with Gasteiger partial charge in [-0.2, -0.15) is 0 Å². The Bertz CT molecular complexity index is 517. The Balaban J connectivity index is 1.89. The number of hydrogen-bond acceptors (Lipinski definition) is 3. The number of hydrogen-bond donors (Lipinski definition) is 1. The molecule has 1 aliphatic heterocycles. The summed E-state index contributed by atoms with van der Waals surface area (Å²) >= 11 is 12.2. The molecule has 0 amide bonds. The lowest BCUT2D eigenvalue weighted by Gasteiger charge is -2.37. The minimum Gasteiger partial charge on any atom is -0.480 e. The van der Waals surface area contributed by atoms with Gasteiger partial charge in [0.1, 0.15) is 0 Å². The summed E-state index contributed by atoms with van der Waals surface area (Å²) in [6, 6.07) is 5.90. The summed E-state index contributed by atoms with van der Waals surface area (Å²) in [6.07, 6.45) is 1.97. The number of carbonyl (C=O) groups is 1. The van der Waals surface area contributed by atoms with Crippen molar-refractivity contribution in [2.24, 2.45) is 0 Å². The highest BCUT2D eigenvalue weighted by Gasteiger charge is 2.25. The number of halogens is 2. The van der Waals surface area contributed by atoms with Crippen LogP contribution in [0.2, 0.25) is 10.0 Å². The van der Waals surface area contributed by atoms with Gasteiger partial charge in [-0.05, 0) is 56.2 Å². The summed E-state index contributed by atoms with van der Waals surface area (Å²) in [5.74, 6) is -0.755. The lowest BCUT2D eigenvalue weighted by molar-refractivity contribution is -0.139. The molecule has 6 heteroatoms. The predicted molar refractivity (Wildman–Crippen MR) is 89.6 cm³/mol. The van der Waals surface area contributed by atoms with Gasteiger partial charge in [-0.1, -0.05) is 30.1 Å². The summed E-state index contributed by atoms with van der Waals surface area (Å²) in [7, 11) is 0. The second kappa shape index (κ2) is 8.16. The van der Waals surface area contributed by atoms with Crippen LogP contribution < -0.4 is 0 Å². The Morgan fingerprint density at radius 1 is 1.36 bits per heavy atom. The Morgan fingerprint density at radius 2 is 2.05 bits per heavy atom. The van der Waals surface area contributed by atoms with Crippen LogP contribution in [0.3, 0.4) is 0 Å². The molecule has 0 radical (unpaired) electrons. The van der Waals surface area contributed by atoms with Crippen molar-refractivity contribution < 1.29 is 9.90 Å². The average molecular weight is 345 g/mol. The number of likely N-dealkylation sites (tertiary alicyclic amines) is 1. The fraction of sp³-hybridized carbons (Fsp3) is 0.562. The van der Waals surface area contributed by atoms with E-state index in [-0.39, 0.29) is 6.54 Å². The van der Waals surface area contributed by atoms with Gasteiger partial charge in [0.2, 0.25) is 0 Å². The van der Waals surface area contributed by atoms with E-state index in [2.05, 4.69) is 4.90 Å². The van der Waals surface area contributed by atoms with Gasteiger partial charge in [0.05, 0.1) is 6.54 Å². The molecule has 0 saturated carbocycles. The van der Waals surface area contributed by atoms with E-state index in [1.165, 1.54) is 0 Å². The van der Waals surface area contributed by atoms with Crippen LogP contribution in [0.25, 0.3) is 0 Å². The van der Waals surface area contributed by atoms with Gasteiger partial charge in [0.25, 0.3) is 0 Å². The maximum Gasteiger partial charge on any atom is 0.317 e. The van der Waals surface area contributed by atoms with Crippen molar-refractivity contribution in [2.45, 2.75) is 32.4 Å². The highest BCUT2D eigenvalue weighted by atomic mass is 35.5. The summed E-state index contributed by atoms with van der Waals surface area (Å²) in [6.45, 7) is 5.60. The van der Waals surface area contributed by atoms with Crippen LogP contribution in [0.5, 0.6) is 0 Å². The van der Waals surface area contributed by atoms with E-state index in [1.807, 2.05) is 24.0 Å². The normalized spacial score (nSPS) is 17.1. The van der Waals surface area contributed by atoms with Gasteiger partial charge in [-0.25, -0.2) is 0 Å². The van der Waals surface area contributed by atoms with Crippen LogP contribution in [0.1, 0.15) is 25.3 Å². The number of likely N-dealkylation sites (N-methyl/N-ethyl adjacent to an activating group) is 1. The quantitative estimate of drug-likeness (QED) is 0.859. The molecule has 4 nitrogen and oxygen atoms in total. The molecule has 0 unspecified atom stereocenters. The van der Waals surface area contributed by atoms with Crippen LogP contribution in [-0.2, 0) is 11.3 Å². The van der Waals surface area contributed by atoms with Crippen molar-refractivity contribution in [1.29, 1.82) is 0 Å². The van der Waals surface area contributed by atoms with Gasteiger partial charge in [0, 0.05) is 22.6 Å². The molecule has 0 aliphatic carbocycles. The largest absolute Gasteiger partial charge is 0.480 e. The number of carboxylic acids is 1. The molecule has 22 heavy (non-hydrogen) atoms. The first-order valence-corrected chi connectivity index (χ1v) is 8.37. The third-order valence-corrected chi connectivity index (χ3v) is 4.82. The molecular weight excluding hydrogens is 323 g/mol. The maximum absolute atomic E-state index is 10.9. The first-order valence-electron chi connectivity index (χ1n) is 7.61. The summed E-state index contributed by atoms with van der Waals surface area (Å²) in [5.41, 5.74) is 1.05. The number of rotatable bonds is 6. The molecular formula is C16H22Cl2N2O2. The fourth-order valence-corrected chi connectivity index (χ4v) is 3.39. The van der Waals surface area contributed by atoms with Crippen molar-refractivity contribution >= 4 is 29.2 Å². The molecule has 1 heterocycles. The second-order valence-electron chi connectivity index (χ2n) is 5.70. The Morgan fingerprint density at radius 3 is 2.64 bits per heavy atom. The minimum absolute atomic E-state index is 0.126. The van der Waals surface area contributed by atoms with Gasteiger partial charge in [-0.15, -0.1) is 0 Å². The third kappa shape index (κ3) is 4.85. The van der Waals surface area contributed by atoms with E-state index in [0.29, 0.717) is 11.1 Å². The predicted octanol–water partition coefficient (Wildman–Crippen LogP) is 3.36. The molecule has 1 fully saturated rings. The molecule has 1 saturated heterocycles. The number of benzene rings is 1. The number of carboxylic acid groups (broad SMARTS) is 1. The van der Waals surface area contributed by atoms with Crippen LogP contribution in [0, 0.1) is 0 Å². The van der Waals surface area contributed by atoms with Gasteiger partial charge < -0.3 is 5.11 Å². The van der Waals surface area contributed by atoms with E-state index < -0.39 is 5.97 Å². The van der Waals surface area contributed by atoms with E-state index in [1.54, 1.807) is 6.07 Å². The minimum atomic E-state index is -0.755. The second-order valence-corrected chi connectivity index (χ2v) is 6.54. The molecule has 0 bridgehead atoms. The summed E-state index contributed by atoms with van der Waals surface area (Å²) in [5, 5.41) is 10.4. The Labute approximate surface area is 141 Å². The zero-order valence-electron chi connectivity index (χ0n) is 12.8. The van der Waals surface area contributed by atoms with Crippen LogP contribution in [-0.4, -0.2) is 53.1 Å². The monoisotopic (exact) mass is 344 g/mol. The van der Waals surface area contributed by atoms with E-state index in [0.717, 1.165) is 49.6 Å². The van der Waals surface area contributed by atoms with Crippen molar-refractivity contribution in [3.05, 3.63) is 33.8 Å². The zero-order chi connectivity index (χ0) is 16.1. The molecule has 122 valence electrons. The molecule has 1 N–H and O–H groups in total. The van der Waals surface area contributed by atoms with Gasteiger partial charge >= 0.3 is 5.97 Å². The molecule has 0 atom stereocenters. The van der Waals surface area contributed by atoms with Crippen molar-refractivity contribution in [2.75, 3.05) is 26.2 Å². The number of aliphatic carboxylic acids is 1. The lowest BCUT2D eigenvalue weighted by atomic mass is 10.0. The topological polar surface area (TPSA) is 43.8 Å². The van der Waals surface area contributed by atoms with E-state index >= 15 is 0 Å². The Kier molecular flexibility index (Phi) is 6.50. The molecule has 2 rings (SSSR count). The molecule has 1 aliphatic rings. The highest BCUT2D eigenvalue weighted by molar-refractivity contribution is 6.33. The fourth-order valence-electron chi connectivity index (χ4n) is 3.02. The molecule has 0 spiro atoms. The van der Waals surface area contributed by atoms with Crippen molar-refractivity contribution in [3.63, 3.8) is 0 Å². The molecule has 1 aromatic rings. The lowest BCUT2D eigenvalue weighted by Crippen LogP contribution is -2.46. The zero-order valence-corrected chi connectivity index (χ0v) is 14.3. The average Bonchev–Trinajstić information content (AvgIpc) is 2.49. The van der Waals surface area contributed by atoms with Gasteiger partial charge in [0.15, 0.2) is 0 Å². The van der Waals surface area contributed by atoms with Crippen LogP contribution in [0.15, 0.2) is 18.2 Å². The Hall–Kier alpha value is -0.810. The molecule has 0 aromatic heterocycles.